The molecule has 0 rings (SSSR count). The maximum Gasteiger partial charge on any atom is 0.317 e. The number of amides is 2. The lowest BCUT2D eigenvalue weighted by Crippen LogP contribution is -2.49. The van der Waals surface area contributed by atoms with Gasteiger partial charge in [-0.05, 0) is 13.8 Å². The molecular formula is C7H15ClN2O. The number of carbonyl (C=O) groups excluding carboxylic acids is 1. The zero-order valence-electron chi connectivity index (χ0n) is 7.44. The van der Waals surface area contributed by atoms with Gasteiger partial charge in [0.15, 0.2) is 0 Å². The molecule has 0 aliphatic rings. The van der Waals surface area contributed by atoms with Gasteiger partial charge in [-0.2, -0.15) is 0 Å². The third kappa shape index (κ3) is 4.09. The van der Waals surface area contributed by atoms with Crippen LogP contribution < -0.4 is 5.32 Å². The van der Waals surface area contributed by atoms with Gasteiger partial charge in [-0.3, -0.25) is 0 Å². The second kappa shape index (κ2) is 3.81. The van der Waals surface area contributed by atoms with Gasteiger partial charge in [0.25, 0.3) is 0 Å². The van der Waals surface area contributed by atoms with E-state index < -0.39 is 0 Å². The van der Waals surface area contributed by atoms with Crippen LogP contribution >= 0.6 is 11.6 Å². The Labute approximate surface area is 72.7 Å². The van der Waals surface area contributed by atoms with E-state index in [1.807, 2.05) is 13.8 Å². The summed E-state index contributed by atoms with van der Waals surface area (Å²) in [4.78, 5) is 12.6. The van der Waals surface area contributed by atoms with Gasteiger partial charge in [-0.25, -0.2) is 4.79 Å². The number of rotatable bonds is 2. The maximum atomic E-state index is 11.1. The zero-order chi connectivity index (χ0) is 9.07. The molecule has 0 aromatic heterocycles. The summed E-state index contributed by atoms with van der Waals surface area (Å²) in [7, 11) is 3.39. The van der Waals surface area contributed by atoms with Crippen molar-refractivity contribution in [1.82, 2.24) is 10.2 Å². The molecule has 0 bridgehead atoms. The number of urea groups is 1. The summed E-state index contributed by atoms with van der Waals surface area (Å²) in [6, 6.07) is -0.115. The van der Waals surface area contributed by atoms with Gasteiger partial charge >= 0.3 is 6.03 Å². The summed E-state index contributed by atoms with van der Waals surface area (Å²) in [5.74, 6) is 0.409. The lowest BCUT2D eigenvalue weighted by atomic mass is 10.1. The minimum absolute atomic E-state index is 0.115. The third-order valence-electron chi connectivity index (χ3n) is 1.19. The molecule has 0 heterocycles. The second-order valence-electron chi connectivity index (χ2n) is 3.34. The zero-order valence-corrected chi connectivity index (χ0v) is 8.20. The van der Waals surface area contributed by atoms with Crippen LogP contribution in [-0.2, 0) is 0 Å². The van der Waals surface area contributed by atoms with Crippen LogP contribution in [0, 0.1) is 0 Å². The summed E-state index contributed by atoms with van der Waals surface area (Å²) in [5.41, 5.74) is -0.330. The second-order valence-corrected chi connectivity index (χ2v) is 3.61. The van der Waals surface area contributed by atoms with Crippen molar-refractivity contribution < 1.29 is 4.79 Å². The maximum absolute atomic E-state index is 11.1. The van der Waals surface area contributed by atoms with Crippen LogP contribution in [0.15, 0.2) is 0 Å². The van der Waals surface area contributed by atoms with E-state index in [1.165, 1.54) is 4.90 Å². The van der Waals surface area contributed by atoms with Crippen molar-refractivity contribution in [2.75, 3.05) is 20.0 Å². The van der Waals surface area contributed by atoms with Crippen LogP contribution in [0.2, 0.25) is 0 Å². The predicted molar refractivity (Wildman–Crippen MR) is 47.0 cm³/mol. The molecule has 0 aromatic rings. The Bertz CT molecular complexity index is 145. The first-order valence-corrected chi connectivity index (χ1v) is 3.98. The Balaban J connectivity index is 3.94. The van der Waals surface area contributed by atoms with Crippen molar-refractivity contribution in [2.45, 2.75) is 19.4 Å². The molecule has 0 saturated carbocycles. The molecular weight excluding hydrogens is 164 g/mol. The Hall–Kier alpha value is -0.440. The highest BCUT2D eigenvalue weighted by Gasteiger charge is 2.19. The van der Waals surface area contributed by atoms with E-state index >= 15 is 0 Å². The average Bonchev–Trinajstić information content (AvgIpc) is 1.87. The quantitative estimate of drug-likeness (QED) is 0.635. The molecule has 0 fully saturated rings. The van der Waals surface area contributed by atoms with E-state index in [2.05, 4.69) is 5.32 Å². The van der Waals surface area contributed by atoms with Crippen molar-refractivity contribution in [3.8, 4) is 0 Å². The first kappa shape index (κ1) is 10.6. The Morgan fingerprint density at radius 2 is 2.00 bits per heavy atom. The van der Waals surface area contributed by atoms with Crippen molar-refractivity contribution in [1.29, 1.82) is 0 Å². The summed E-state index contributed by atoms with van der Waals surface area (Å²) in [6.07, 6.45) is 0. The van der Waals surface area contributed by atoms with Crippen molar-refractivity contribution >= 4 is 17.6 Å². The molecule has 0 unspecified atom stereocenters. The largest absolute Gasteiger partial charge is 0.332 e. The molecule has 0 aromatic carbocycles. The van der Waals surface area contributed by atoms with E-state index in [4.69, 9.17) is 11.6 Å². The van der Waals surface area contributed by atoms with Gasteiger partial charge < -0.3 is 10.2 Å². The van der Waals surface area contributed by atoms with Crippen LogP contribution in [0.4, 0.5) is 4.79 Å². The fourth-order valence-electron chi connectivity index (χ4n) is 0.435. The molecule has 0 saturated heterocycles. The van der Waals surface area contributed by atoms with Gasteiger partial charge in [-0.1, -0.05) is 0 Å². The number of nitrogens with zero attached hydrogens (tertiary/aromatic N) is 1. The molecule has 0 radical (unpaired) electrons. The number of nitrogens with one attached hydrogen (secondary N) is 1. The molecule has 4 heteroatoms. The molecule has 3 nitrogen and oxygen atoms in total. The van der Waals surface area contributed by atoms with Gasteiger partial charge in [-0.15, -0.1) is 11.6 Å². The van der Waals surface area contributed by atoms with Gasteiger partial charge in [0.05, 0.1) is 0 Å². The van der Waals surface area contributed by atoms with Crippen molar-refractivity contribution in [3.63, 3.8) is 0 Å². The summed E-state index contributed by atoms with van der Waals surface area (Å²) < 4.78 is 0. The molecule has 1 N–H and O–H groups in total. The minimum Gasteiger partial charge on any atom is -0.332 e. The normalized spacial score (nSPS) is 11.0. The molecule has 0 atom stereocenters. The van der Waals surface area contributed by atoms with E-state index in [9.17, 15) is 4.79 Å². The first-order chi connectivity index (χ1) is 4.89. The number of carbonyl (C=O) groups is 1. The summed E-state index contributed by atoms with van der Waals surface area (Å²) in [5, 5.41) is 2.76. The van der Waals surface area contributed by atoms with Crippen molar-refractivity contribution in [2.24, 2.45) is 0 Å². The lowest BCUT2D eigenvalue weighted by Gasteiger charge is -2.25. The molecule has 2 amide bonds. The van der Waals surface area contributed by atoms with Gasteiger partial charge in [0.1, 0.15) is 0 Å². The number of hydrogen-bond acceptors (Lipinski definition) is 1. The Morgan fingerprint density at radius 1 is 1.55 bits per heavy atom. The van der Waals surface area contributed by atoms with E-state index in [-0.39, 0.29) is 11.6 Å². The molecule has 66 valence electrons. The molecule has 0 spiro atoms. The van der Waals surface area contributed by atoms with Crippen molar-refractivity contribution in [3.05, 3.63) is 0 Å². The lowest BCUT2D eigenvalue weighted by molar-refractivity contribution is 0.208. The Kier molecular flexibility index (Phi) is 3.66. The van der Waals surface area contributed by atoms with Crippen LogP contribution in [0.25, 0.3) is 0 Å². The molecule has 0 aliphatic heterocycles. The van der Waals surface area contributed by atoms with Crippen LogP contribution in [0.5, 0.6) is 0 Å². The SMILES string of the molecule is CN(C)C(=O)NC(C)(C)CCl. The number of hydrogen-bond donors (Lipinski definition) is 1. The van der Waals surface area contributed by atoms with E-state index in [0.717, 1.165) is 0 Å². The average molecular weight is 179 g/mol. The summed E-state index contributed by atoms with van der Waals surface area (Å²) >= 11 is 5.61. The van der Waals surface area contributed by atoms with Crippen LogP contribution in [0.1, 0.15) is 13.8 Å². The predicted octanol–water partition coefficient (Wildman–Crippen LogP) is 1.27. The third-order valence-corrected chi connectivity index (χ3v) is 1.85. The number of halogens is 1. The highest BCUT2D eigenvalue weighted by Crippen LogP contribution is 2.04. The monoisotopic (exact) mass is 178 g/mol. The minimum atomic E-state index is -0.330. The van der Waals surface area contributed by atoms with Crippen LogP contribution in [0.3, 0.4) is 0 Å². The fourth-order valence-corrected chi connectivity index (χ4v) is 0.502. The first-order valence-electron chi connectivity index (χ1n) is 3.44. The van der Waals surface area contributed by atoms with E-state index in [0.29, 0.717) is 5.88 Å². The van der Waals surface area contributed by atoms with Crippen LogP contribution in [-0.4, -0.2) is 36.4 Å². The topological polar surface area (TPSA) is 32.3 Å². The molecule has 11 heavy (non-hydrogen) atoms. The highest BCUT2D eigenvalue weighted by molar-refractivity contribution is 6.18. The van der Waals surface area contributed by atoms with Gasteiger partial charge in [0, 0.05) is 25.5 Å². The highest BCUT2D eigenvalue weighted by atomic mass is 35.5. The van der Waals surface area contributed by atoms with E-state index in [1.54, 1.807) is 14.1 Å². The summed E-state index contributed by atoms with van der Waals surface area (Å²) in [6.45, 7) is 3.75. The smallest absolute Gasteiger partial charge is 0.317 e. The Morgan fingerprint density at radius 3 is 2.27 bits per heavy atom. The molecule has 0 aliphatic carbocycles. The standard InChI is InChI=1S/C7H15ClN2O/c1-7(2,5-8)9-6(11)10(3)4/h5H2,1-4H3,(H,9,11). The fraction of sp³-hybridized carbons (Fsp3) is 0.857. The number of alkyl halides is 1. The van der Waals surface area contributed by atoms with Gasteiger partial charge in [0.2, 0.25) is 0 Å².